The van der Waals surface area contributed by atoms with E-state index in [-0.39, 0.29) is 6.61 Å². The molecule has 2 heterocycles. The quantitative estimate of drug-likeness (QED) is 0.433. The van der Waals surface area contributed by atoms with Crippen LogP contribution < -0.4 is 5.32 Å². The molecule has 2 N–H and O–H groups in total. The minimum absolute atomic E-state index is 0.256. The molecular weight excluding hydrogens is 380 g/mol. The van der Waals surface area contributed by atoms with E-state index in [4.69, 9.17) is 20.1 Å². The molecule has 29 heavy (non-hydrogen) atoms. The third-order valence-corrected chi connectivity index (χ3v) is 5.82. The van der Waals surface area contributed by atoms with Crippen LogP contribution in [0.1, 0.15) is 62.0 Å². The van der Waals surface area contributed by atoms with Crippen LogP contribution in [0, 0.1) is 5.92 Å². The molecule has 0 atom stereocenters. The van der Waals surface area contributed by atoms with Gasteiger partial charge in [0, 0.05) is 25.3 Å². The highest BCUT2D eigenvalue weighted by Crippen LogP contribution is 2.25. The lowest BCUT2D eigenvalue weighted by atomic mass is 10.1. The normalized spacial score (nSPS) is 11.5. The van der Waals surface area contributed by atoms with Gasteiger partial charge in [0.1, 0.15) is 0 Å². The van der Waals surface area contributed by atoms with E-state index < -0.39 is 0 Å². The maximum Gasteiger partial charge on any atom is 0.223 e. The van der Waals surface area contributed by atoms with E-state index in [1.165, 1.54) is 10.3 Å². The maximum atomic E-state index is 8.91. The summed E-state index contributed by atoms with van der Waals surface area (Å²) in [4.78, 5) is 14.3. The molecule has 0 unspecified atom stereocenters. The Labute approximate surface area is 177 Å². The molecule has 0 aliphatic carbocycles. The van der Waals surface area contributed by atoms with Gasteiger partial charge in [-0.25, -0.2) is 15.0 Å². The highest BCUT2D eigenvalue weighted by molar-refractivity contribution is 7.18. The van der Waals surface area contributed by atoms with Crippen molar-refractivity contribution in [2.24, 2.45) is 5.92 Å². The van der Waals surface area contributed by atoms with E-state index in [0.717, 1.165) is 67.0 Å². The van der Waals surface area contributed by atoms with E-state index in [9.17, 15) is 0 Å². The Morgan fingerprint density at radius 3 is 2.62 bits per heavy atom. The van der Waals surface area contributed by atoms with Gasteiger partial charge in [0.05, 0.1) is 20.9 Å². The average molecular weight is 413 g/mol. The Bertz CT molecular complexity index is 922. The largest absolute Gasteiger partial charge is 0.396 e. The number of nitrogens with one attached hydrogen (secondary N) is 1. The van der Waals surface area contributed by atoms with Crippen molar-refractivity contribution in [2.75, 3.05) is 18.5 Å². The summed E-state index contributed by atoms with van der Waals surface area (Å²) in [5.74, 6) is 1.25. The van der Waals surface area contributed by atoms with Gasteiger partial charge in [0.15, 0.2) is 0 Å². The second-order valence-corrected chi connectivity index (χ2v) is 9.04. The van der Waals surface area contributed by atoms with Gasteiger partial charge < -0.3 is 10.4 Å². The molecule has 3 rings (SSSR count). The number of hydrogen-bond donors (Lipinski definition) is 2. The fraction of sp³-hybridized carbons (Fsp3) is 0.522. The number of aliphatic hydroxyl groups is 1. The fourth-order valence-electron chi connectivity index (χ4n) is 3.33. The van der Waals surface area contributed by atoms with Crippen molar-refractivity contribution in [1.29, 1.82) is 0 Å². The van der Waals surface area contributed by atoms with Crippen molar-refractivity contribution in [3.8, 4) is 0 Å². The third-order valence-electron chi connectivity index (χ3n) is 4.81. The van der Waals surface area contributed by atoms with Crippen molar-refractivity contribution in [2.45, 2.75) is 59.3 Å². The summed E-state index contributed by atoms with van der Waals surface area (Å²) in [5, 5.41) is 13.4. The zero-order valence-corrected chi connectivity index (χ0v) is 18.6. The molecule has 0 aliphatic rings. The molecule has 6 heteroatoms. The lowest BCUT2D eigenvalue weighted by Gasteiger charge is -2.10. The summed E-state index contributed by atoms with van der Waals surface area (Å²) in [5.41, 5.74) is 4.52. The molecule has 0 saturated heterocycles. The van der Waals surface area contributed by atoms with Gasteiger partial charge in [-0.15, -0.1) is 11.3 Å². The number of anilines is 1. The van der Waals surface area contributed by atoms with E-state index >= 15 is 0 Å². The lowest BCUT2D eigenvalue weighted by Crippen LogP contribution is -2.10. The van der Waals surface area contributed by atoms with Crippen LogP contribution in [-0.4, -0.2) is 33.2 Å². The van der Waals surface area contributed by atoms with Crippen LogP contribution in [0.25, 0.3) is 10.2 Å². The number of aromatic nitrogens is 3. The summed E-state index contributed by atoms with van der Waals surface area (Å²) in [7, 11) is 0. The van der Waals surface area contributed by atoms with Crippen LogP contribution in [0.3, 0.4) is 0 Å². The van der Waals surface area contributed by atoms with Crippen molar-refractivity contribution in [3.05, 3.63) is 46.2 Å². The van der Waals surface area contributed by atoms with Gasteiger partial charge in [-0.3, -0.25) is 0 Å². The molecule has 0 spiro atoms. The van der Waals surface area contributed by atoms with Gasteiger partial charge in [-0.2, -0.15) is 0 Å². The van der Waals surface area contributed by atoms with Crippen LogP contribution >= 0.6 is 11.3 Å². The number of hydrogen-bond acceptors (Lipinski definition) is 6. The topological polar surface area (TPSA) is 70.9 Å². The average Bonchev–Trinajstić information content (AvgIpc) is 3.08. The van der Waals surface area contributed by atoms with Gasteiger partial charge in [-0.1, -0.05) is 26.8 Å². The Kier molecular flexibility index (Phi) is 7.95. The molecule has 0 saturated carbocycles. The maximum absolute atomic E-state index is 8.91. The van der Waals surface area contributed by atoms with Crippen LogP contribution in [0.4, 0.5) is 5.95 Å². The van der Waals surface area contributed by atoms with Crippen LogP contribution in [0.2, 0.25) is 0 Å². The first-order valence-corrected chi connectivity index (χ1v) is 11.5. The number of aryl methyl sites for hydroxylation is 1. The zero-order valence-electron chi connectivity index (χ0n) is 17.7. The van der Waals surface area contributed by atoms with Gasteiger partial charge in [0.25, 0.3) is 0 Å². The molecule has 1 aromatic carbocycles. The Morgan fingerprint density at radius 1 is 1.03 bits per heavy atom. The van der Waals surface area contributed by atoms with Gasteiger partial charge >= 0.3 is 0 Å². The number of nitrogens with zero attached hydrogens (tertiary/aromatic N) is 3. The summed E-state index contributed by atoms with van der Waals surface area (Å²) in [6.07, 6.45) is 5.57. The van der Waals surface area contributed by atoms with E-state index in [2.05, 4.69) is 50.4 Å². The van der Waals surface area contributed by atoms with Crippen molar-refractivity contribution < 1.29 is 5.11 Å². The van der Waals surface area contributed by atoms with Crippen LogP contribution in [-0.2, 0) is 19.3 Å². The SMILES string of the molecule is CCc1ccc2nc(Cc3cc(CC(C)C)nc(NCCCCCO)n3)sc2c1. The molecule has 0 aliphatic heterocycles. The summed E-state index contributed by atoms with van der Waals surface area (Å²) in [6.45, 7) is 7.68. The Balaban J connectivity index is 1.76. The summed E-state index contributed by atoms with van der Waals surface area (Å²) >= 11 is 1.76. The zero-order chi connectivity index (χ0) is 20.6. The summed E-state index contributed by atoms with van der Waals surface area (Å²) in [6, 6.07) is 8.66. The summed E-state index contributed by atoms with van der Waals surface area (Å²) < 4.78 is 1.25. The smallest absolute Gasteiger partial charge is 0.223 e. The lowest BCUT2D eigenvalue weighted by molar-refractivity contribution is 0.283. The van der Waals surface area contributed by atoms with Gasteiger partial charge in [-0.05, 0) is 61.8 Å². The van der Waals surface area contributed by atoms with Crippen molar-refractivity contribution in [1.82, 2.24) is 15.0 Å². The third kappa shape index (κ3) is 6.47. The highest BCUT2D eigenvalue weighted by Gasteiger charge is 2.11. The molecule has 0 fully saturated rings. The number of fused-ring (bicyclic) bond motifs is 1. The van der Waals surface area contributed by atoms with E-state index in [1.54, 1.807) is 11.3 Å². The molecular formula is C23H32N4OS. The second kappa shape index (κ2) is 10.6. The first kappa shape index (κ1) is 21.7. The van der Waals surface area contributed by atoms with Crippen molar-refractivity contribution >= 4 is 27.5 Å². The molecule has 0 amide bonds. The predicted octanol–water partition coefficient (Wildman–Crippen LogP) is 5.01. The standard InChI is InChI=1S/C23H32N4OS/c1-4-17-8-9-20-21(13-17)29-22(27-20)15-19-14-18(12-16(2)3)25-23(26-19)24-10-6-5-7-11-28/h8-9,13-14,16,28H,4-7,10-12,15H2,1-3H3,(H,24,25,26). The number of unbranched alkanes of at least 4 members (excludes halogenated alkanes) is 2. The van der Waals surface area contributed by atoms with Gasteiger partial charge in [0.2, 0.25) is 5.95 Å². The monoisotopic (exact) mass is 412 g/mol. The minimum atomic E-state index is 0.256. The molecule has 156 valence electrons. The van der Waals surface area contributed by atoms with E-state index in [0.29, 0.717) is 11.9 Å². The number of thiazole rings is 1. The first-order valence-electron chi connectivity index (χ1n) is 10.7. The first-order chi connectivity index (χ1) is 14.1. The minimum Gasteiger partial charge on any atom is -0.396 e. The molecule has 0 radical (unpaired) electrons. The van der Waals surface area contributed by atoms with E-state index in [1.807, 2.05) is 0 Å². The second-order valence-electron chi connectivity index (χ2n) is 7.92. The van der Waals surface area contributed by atoms with Crippen LogP contribution in [0.5, 0.6) is 0 Å². The highest BCUT2D eigenvalue weighted by atomic mass is 32.1. The van der Waals surface area contributed by atoms with Crippen molar-refractivity contribution in [3.63, 3.8) is 0 Å². The molecule has 5 nitrogen and oxygen atoms in total. The number of rotatable bonds is 11. The molecule has 3 aromatic rings. The fourth-order valence-corrected chi connectivity index (χ4v) is 4.37. The number of benzene rings is 1. The predicted molar refractivity (Wildman–Crippen MR) is 122 cm³/mol. The molecule has 0 bridgehead atoms. The number of aliphatic hydroxyl groups excluding tert-OH is 1. The Morgan fingerprint density at radius 2 is 1.86 bits per heavy atom. The van der Waals surface area contributed by atoms with Crippen LogP contribution in [0.15, 0.2) is 24.3 Å². The Hall–Kier alpha value is -2.05. The molecule has 2 aromatic heterocycles.